The molecule has 0 saturated heterocycles. The lowest BCUT2D eigenvalue weighted by Crippen LogP contribution is -2.10. The Hall–Kier alpha value is -2.16. The van der Waals surface area contributed by atoms with Gasteiger partial charge in [-0.05, 0) is 19.1 Å². The van der Waals surface area contributed by atoms with E-state index in [-0.39, 0.29) is 6.23 Å². The van der Waals surface area contributed by atoms with Crippen LogP contribution in [0.15, 0.2) is 42.5 Å². The summed E-state index contributed by atoms with van der Waals surface area (Å²) in [5, 5.41) is 3.29. The Kier molecular flexibility index (Phi) is 2.18. The predicted molar refractivity (Wildman–Crippen MR) is 69.0 cm³/mol. The van der Waals surface area contributed by atoms with Crippen LogP contribution >= 0.6 is 0 Å². The molecule has 0 bridgehead atoms. The van der Waals surface area contributed by atoms with Crippen LogP contribution in [0.3, 0.4) is 0 Å². The monoisotopic (exact) mass is 226 g/mol. The molecule has 17 heavy (non-hydrogen) atoms. The molecule has 0 radical (unpaired) electrons. The van der Waals surface area contributed by atoms with Crippen molar-refractivity contribution in [1.29, 1.82) is 0 Å². The number of nitrogen functional groups attached to an aromatic ring is 1. The Labute approximate surface area is 100 Å². The molecule has 3 N–H and O–H groups in total. The quantitative estimate of drug-likeness (QED) is 0.734. The molecule has 2 aromatic carbocycles. The van der Waals surface area contributed by atoms with Gasteiger partial charge in [0.15, 0.2) is 6.23 Å². The summed E-state index contributed by atoms with van der Waals surface area (Å²) in [6.07, 6.45) is -0.143. The van der Waals surface area contributed by atoms with Gasteiger partial charge >= 0.3 is 0 Å². The fraction of sp³-hybridized carbons (Fsp3) is 0.143. The molecular formula is C14H14N2O. The number of aryl methyl sites for hydroxylation is 1. The number of nitrogens with one attached hydrogen (secondary N) is 1. The van der Waals surface area contributed by atoms with Crippen molar-refractivity contribution in [1.82, 2.24) is 0 Å². The van der Waals surface area contributed by atoms with Gasteiger partial charge in [-0.2, -0.15) is 0 Å². The summed E-state index contributed by atoms with van der Waals surface area (Å²) in [7, 11) is 0. The van der Waals surface area contributed by atoms with Gasteiger partial charge in [0, 0.05) is 5.56 Å². The highest BCUT2D eigenvalue weighted by molar-refractivity contribution is 5.75. The first-order chi connectivity index (χ1) is 8.24. The van der Waals surface area contributed by atoms with E-state index in [1.165, 1.54) is 5.56 Å². The van der Waals surface area contributed by atoms with E-state index in [1.807, 2.05) is 18.2 Å². The van der Waals surface area contributed by atoms with Gasteiger partial charge < -0.3 is 15.8 Å². The van der Waals surface area contributed by atoms with E-state index in [9.17, 15) is 0 Å². The molecule has 0 fully saturated rings. The van der Waals surface area contributed by atoms with Crippen LogP contribution in [0, 0.1) is 6.92 Å². The van der Waals surface area contributed by atoms with Crippen LogP contribution in [0.2, 0.25) is 0 Å². The molecular weight excluding hydrogens is 212 g/mol. The lowest BCUT2D eigenvalue weighted by molar-refractivity contribution is 0.260. The molecule has 1 heterocycles. The minimum Gasteiger partial charge on any atom is -0.464 e. The summed E-state index contributed by atoms with van der Waals surface area (Å²) in [4.78, 5) is 0. The average molecular weight is 226 g/mol. The highest BCUT2D eigenvalue weighted by Gasteiger charge is 2.24. The largest absolute Gasteiger partial charge is 0.464 e. The summed E-state index contributed by atoms with van der Waals surface area (Å²) in [5.41, 5.74) is 9.84. The van der Waals surface area contributed by atoms with Gasteiger partial charge in [-0.1, -0.05) is 35.9 Å². The molecule has 0 aliphatic carbocycles. The van der Waals surface area contributed by atoms with E-state index in [2.05, 4.69) is 36.5 Å². The SMILES string of the molecule is Cc1ccc(C2Nc3c(N)cccc3O2)cc1. The first-order valence-electron chi connectivity index (χ1n) is 5.62. The van der Waals surface area contributed by atoms with Crippen LogP contribution in [0.5, 0.6) is 5.75 Å². The van der Waals surface area contributed by atoms with Crippen LogP contribution < -0.4 is 15.8 Å². The van der Waals surface area contributed by atoms with Gasteiger partial charge in [0.2, 0.25) is 0 Å². The van der Waals surface area contributed by atoms with Crippen LogP contribution in [0.4, 0.5) is 11.4 Å². The maximum Gasteiger partial charge on any atom is 0.196 e. The van der Waals surface area contributed by atoms with E-state index in [0.717, 1.165) is 22.7 Å². The van der Waals surface area contributed by atoms with E-state index in [4.69, 9.17) is 10.5 Å². The highest BCUT2D eigenvalue weighted by atomic mass is 16.5. The van der Waals surface area contributed by atoms with Gasteiger partial charge in [0.1, 0.15) is 11.4 Å². The zero-order valence-electron chi connectivity index (χ0n) is 9.60. The molecule has 2 aromatic rings. The zero-order chi connectivity index (χ0) is 11.8. The lowest BCUT2D eigenvalue weighted by atomic mass is 10.1. The van der Waals surface area contributed by atoms with Gasteiger partial charge in [-0.3, -0.25) is 0 Å². The van der Waals surface area contributed by atoms with Crippen molar-refractivity contribution in [3.8, 4) is 5.75 Å². The standard InChI is InChI=1S/C14H14N2O/c1-9-5-7-10(8-6-9)14-16-13-11(15)3-2-4-12(13)17-14/h2-8,14,16H,15H2,1H3. The number of fused-ring (bicyclic) bond motifs is 1. The molecule has 0 aromatic heterocycles. The molecule has 3 nitrogen and oxygen atoms in total. The topological polar surface area (TPSA) is 47.3 Å². The molecule has 86 valence electrons. The average Bonchev–Trinajstić information content (AvgIpc) is 2.75. The summed E-state index contributed by atoms with van der Waals surface area (Å²) in [6.45, 7) is 2.07. The Morgan fingerprint density at radius 2 is 1.88 bits per heavy atom. The fourth-order valence-electron chi connectivity index (χ4n) is 1.98. The smallest absolute Gasteiger partial charge is 0.196 e. The maximum absolute atomic E-state index is 5.89. The Morgan fingerprint density at radius 3 is 2.59 bits per heavy atom. The first-order valence-corrected chi connectivity index (χ1v) is 5.62. The first kappa shape index (κ1) is 10.0. The second-order valence-electron chi connectivity index (χ2n) is 4.27. The number of ether oxygens (including phenoxy) is 1. The molecule has 1 unspecified atom stereocenters. The van der Waals surface area contributed by atoms with Crippen molar-refractivity contribution in [2.24, 2.45) is 0 Å². The molecule has 0 amide bonds. The van der Waals surface area contributed by atoms with Crippen molar-refractivity contribution in [3.63, 3.8) is 0 Å². The summed E-state index contributed by atoms with van der Waals surface area (Å²) < 4.78 is 5.82. The second-order valence-corrected chi connectivity index (χ2v) is 4.27. The number of benzene rings is 2. The number of anilines is 2. The van der Waals surface area contributed by atoms with Gasteiger partial charge in [-0.25, -0.2) is 0 Å². The summed E-state index contributed by atoms with van der Waals surface area (Å²) in [6, 6.07) is 14.0. The molecule has 3 heteroatoms. The van der Waals surface area contributed by atoms with Gasteiger partial charge in [-0.15, -0.1) is 0 Å². The normalized spacial score (nSPS) is 17.1. The van der Waals surface area contributed by atoms with Crippen molar-refractivity contribution >= 4 is 11.4 Å². The van der Waals surface area contributed by atoms with Crippen molar-refractivity contribution in [2.45, 2.75) is 13.2 Å². The molecule has 1 atom stereocenters. The molecule has 3 rings (SSSR count). The minimum absolute atomic E-state index is 0.143. The van der Waals surface area contributed by atoms with Crippen molar-refractivity contribution in [3.05, 3.63) is 53.6 Å². The zero-order valence-corrected chi connectivity index (χ0v) is 9.60. The Bertz CT molecular complexity index is 549. The van der Waals surface area contributed by atoms with Crippen LogP contribution in [0.25, 0.3) is 0 Å². The number of nitrogens with two attached hydrogens (primary N) is 1. The number of hydrogen-bond acceptors (Lipinski definition) is 3. The summed E-state index contributed by atoms with van der Waals surface area (Å²) >= 11 is 0. The third-order valence-corrected chi connectivity index (χ3v) is 2.96. The van der Waals surface area contributed by atoms with Gasteiger partial charge in [0.25, 0.3) is 0 Å². The number of hydrogen-bond donors (Lipinski definition) is 2. The molecule has 0 spiro atoms. The fourth-order valence-corrected chi connectivity index (χ4v) is 1.98. The molecule has 0 saturated carbocycles. The highest BCUT2D eigenvalue weighted by Crippen LogP contribution is 2.41. The van der Waals surface area contributed by atoms with E-state index in [0.29, 0.717) is 0 Å². The Balaban J connectivity index is 1.91. The summed E-state index contributed by atoms with van der Waals surface area (Å²) in [5.74, 6) is 0.815. The maximum atomic E-state index is 5.89. The minimum atomic E-state index is -0.143. The van der Waals surface area contributed by atoms with Gasteiger partial charge in [0.05, 0.1) is 5.69 Å². The third kappa shape index (κ3) is 1.69. The molecule has 1 aliphatic heterocycles. The lowest BCUT2D eigenvalue weighted by Gasteiger charge is -2.11. The number of para-hydroxylation sites is 1. The van der Waals surface area contributed by atoms with Crippen molar-refractivity contribution in [2.75, 3.05) is 11.1 Å². The van der Waals surface area contributed by atoms with Crippen molar-refractivity contribution < 1.29 is 4.74 Å². The van der Waals surface area contributed by atoms with E-state index in [1.54, 1.807) is 0 Å². The van der Waals surface area contributed by atoms with Crippen LogP contribution in [0.1, 0.15) is 17.4 Å². The van der Waals surface area contributed by atoms with Crippen LogP contribution in [-0.4, -0.2) is 0 Å². The Morgan fingerprint density at radius 1 is 1.12 bits per heavy atom. The van der Waals surface area contributed by atoms with E-state index < -0.39 is 0 Å². The van der Waals surface area contributed by atoms with E-state index >= 15 is 0 Å². The van der Waals surface area contributed by atoms with Crippen LogP contribution in [-0.2, 0) is 0 Å². The number of rotatable bonds is 1. The molecule has 1 aliphatic rings. The third-order valence-electron chi connectivity index (χ3n) is 2.96. The second kappa shape index (κ2) is 3.70. The predicted octanol–water partition coefficient (Wildman–Crippen LogP) is 3.08.